The third kappa shape index (κ3) is 9.91. The highest BCUT2D eigenvalue weighted by Crippen LogP contribution is 2.11. The van der Waals surface area contributed by atoms with Gasteiger partial charge in [-0.25, -0.2) is 4.99 Å². The number of aliphatic hydroxyl groups excluding tert-OH is 1. The monoisotopic (exact) mass is 353 g/mol. The molecule has 7 nitrogen and oxygen atoms in total. The first-order valence-electron chi connectivity index (χ1n) is 8.59. The summed E-state index contributed by atoms with van der Waals surface area (Å²) in [5.41, 5.74) is 1.08. The van der Waals surface area contributed by atoms with Gasteiger partial charge in [0, 0.05) is 33.4 Å². The van der Waals surface area contributed by atoms with Crippen molar-refractivity contribution in [3.8, 4) is 5.75 Å². The van der Waals surface area contributed by atoms with Crippen molar-refractivity contribution in [1.82, 2.24) is 10.6 Å². The number of aliphatic hydroxyl groups is 1. The number of aliphatic imine (C=N–C) groups is 1. The zero-order valence-corrected chi connectivity index (χ0v) is 15.5. The minimum Gasteiger partial charge on any atom is -0.497 e. The Morgan fingerprint density at radius 2 is 1.96 bits per heavy atom. The first-order valence-corrected chi connectivity index (χ1v) is 8.59. The average Bonchev–Trinajstić information content (AvgIpc) is 2.63. The maximum Gasteiger partial charge on any atom is 0.191 e. The van der Waals surface area contributed by atoms with E-state index in [1.54, 1.807) is 14.2 Å². The smallest absolute Gasteiger partial charge is 0.191 e. The fourth-order valence-corrected chi connectivity index (χ4v) is 2.07. The van der Waals surface area contributed by atoms with E-state index in [4.69, 9.17) is 14.2 Å². The summed E-state index contributed by atoms with van der Waals surface area (Å²) in [7, 11) is 3.21. The molecule has 0 fully saturated rings. The number of methoxy groups -OCH3 is 2. The third-order valence-corrected chi connectivity index (χ3v) is 3.41. The number of guanidine groups is 1. The van der Waals surface area contributed by atoms with E-state index < -0.39 is 6.10 Å². The second-order valence-electron chi connectivity index (χ2n) is 5.48. The van der Waals surface area contributed by atoms with Crippen LogP contribution in [0.5, 0.6) is 5.75 Å². The van der Waals surface area contributed by atoms with E-state index in [-0.39, 0.29) is 6.61 Å². The van der Waals surface area contributed by atoms with Gasteiger partial charge in [-0.2, -0.15) is 0 Å². The molecule has 0 amide bonds. The van der Waals surface area contributed by atoms with Crippen LogP contribution in [0.1, 0.15) is 18.9 Å². The lowest BCUT2D eigenvalue weighted by atomic mass is 10.2. The highest BCUT2D eigenvalue weighted by Gasteiger charge is 2.05. The fourth-order valence-electron chi connectivity index (χ4n) is 2.07. The molecule has 0 saturated heterocycles. The Kier molecular flexibility index (Phi) is 11.4. The standard InChI is InChI=1S/C18H31N3O4/c1-4-25-11-5-10-19-18(21-13-16(22)14-23-2)20-12-15-6-8-17(24-3)9-7-15/h6-9,16,22H,4-5,10-14H2,1-3H3,(H2,19,20,21). The van der Waals surface area contributed by atoms with E-state index in [1.165, 1.54) is 0 Å². The van der Waals surface area contributed by atoms with E-state index >= 15 is 0 Å². The number of nitrogens with one attached hydrogen (secondary N) is 2. The highest BCUT2D eigenvalue weighted by molar-refractivity contribution is 5.79. The molecule has 1 rings (SSSR count). The molecule has 0 aliphatic rings. The molecule has 3 N–H and O–H groups in total. The Labute approximate surface area is 150 Å². The Morgan fingerprint density at radius 3 is 2.60 bits per heavy atom. The van der Waals surface area contributed by atoms with Gasteiger partial charge in [0.15, 0.2) is 5.96 Å². The van der Waals surface area contributed by atoms with Crippen LogP contribution in [0.15, 0.2) is 29.3 Å². The third-order valence-electron chi connectivity index (χ3n) is 3.41. The van der Waals surface area contributed by atoms with E-state index in [2.05, 4.69) is 15.6 Å². The van der Waals surface area contributed by atoms with Crippen molar-refractivity contribution in [3.63, 3.8) is 0 Å². The van der Waals surface area contributed by atoms with Crippen molar-refractivity contribution in [2.75, 3.05) is 47.1 Å². The van der Waals surface area contributed by atoms with E-state index in [0.29, 0.717) is 25.7 Å². The van der Waals surface area contributed by atoms with Gasteiger partial charge >= 0.3 is 0 Å². The van der Waals surface area contributed by atoms with Gasteiger partial charge in [0.1, 0.15) is 5.75 Å². The molecular weight excluding hydrogens is 322 g/mol. The number of hydrogen-bond acceptors (Lipinski definition) is 5. The first kappa shape index (κ1) is 21.2. The molecule has 0 spiro atoms. The summed E-state index contributed by atoms with van der Waals surface area (Å²) < 4.78 is 15.4. The van der Waals surface area contributed by atoms with Gasteiger partial charge in [-0.1, -0.05) is 12.1 Å². The summed E-state index contributed by atoms with van der Waals surface area (Å²) in [5.74, 6) is 1.48. The predicted molar refractivity (Wildman–Crippen MR) is 99.1 cm³/mol. The Morgan fingerprint density at radius 1 is 1.20 bits per heavy atom. The molecule has 7 heteroatoms. The van der Waals surface area contributed by atoms with Gasteiger partial charge in [-0.05, 0) is 31.0 Å². The summed E-state index contributed by atoms with van der Waals surface area (Å²) in [6, 6.07) is 7.79. The van der Waals surface area contributed by atoms with Crippen LogP contribution in [0.25, 0.3) is 0 Å². The molecular formula is C18H31N3O4. The van der Waals surface area contributed by atoms with E-state index in [1.807, 2.05) is 31.2 Å². The molecule has 0 heterocycles. The second-order valence-corrected chi connectivity index (χ2v) is 5.48. The Balaban J connectivity index is 2.53. The molecule has 25 heavy (non-hydrogen) atoms. The Hall–Kier alpha value is -1.83. The average molecular weight is 353 g/mol. The lowest BCUT2D eigenvalue weighted by molar-refractivity contribution is 0.0673. The van der Waals surface area contributed by atoms with Crippen molar-refractivity contribution in [1.29, 1.82) is 0 Å². The van der Waals surface area contributed by atoms with Crippen molar-refractivity contribution in [3.05, 3.63) is 29.8 Å². The maximum absolute atomic E-state index is 9.78. The zero-order valence-electron chi connectivity index (χ0n) is 15.5. The summed E-state index contributed by atoms with van der Waals surface area (Å²) in [6.07, 6.45) is 0.305. The molecule has 142 valence electrons. The summed E-state index contributed by atoms with van der Waals surface area (Å²) in [6.45, 7) is 5.34. The molecule has 0 bridgehead atoms. The first-order chi connectivity index (χ1) is 12.2. The number of ether oxygens (including phenoxy) is 3. The van der Waals surface area contributed by atoms with Crippen LogP contribution in [-0.2, 0) is 16.0 Å². The summed E-state index contributed by atoms with van der Waals surface area (Å²) >= 11 is 0. The molecule has 0 aromatic heterocycles. The molecule has 1 aromatic rings. The molecule has 0 radical (unpaired) electrons. The summed E-state index contributed by atoms with van der Waals surface area (Å²) in [5, 5.41) is 16.2. The largest absolute Gasteiger partial charge is 0.497 e. The van der Waals surface area contributed by atoms with Crippen LogP contribution < -0.4 is 15.4 Å². The highest BCUT2D eigenvalue weighted by atomic mass is 16.5. The quantitative estimate of drug-likeness (QED) is 0.297. The SMILES string of the molecule is CCOCCCNC(=NCc1ccc(OC)cc1)NCC(O)COC. The molecule has 1 aromatic carbocycles. The van der Waals surface area contributed by atoms with Crippen molar-refractivity contribution >= 4 is 5.96 Å². The zero-order chi connectivity index (χ0) is 18.3. The molecule has 1 atom stereocenters. The van der Waals surface area contributed by atoms with E-state index in [0.717, 1.165) is 30.9 Å². The van der Waals surface area contributed by atoms with Gasteiger partial charge < -0.3 is 30.0 Å². The molecule has 0 saturated carbocycles. The van der Waals surface area contributed by atoms with Gasteiger partial charge in [0.25, 0.3) is 0 Å². The summed E-state index contributed by atoms with van der Waals surface area (Å²) in [4.78, 5) is 4.56. The Bertz CT molecular complexity index is 480. The van der Waals surface area contributed by atoms with E-state index in [9.17, 15) is 5.11 Å². The van der Waals surface area contributed by atoms with Crippen LogP contribution in [0.4, 0.5) is 0 Å². The van der Waals surface area contributed by atoms with Crippen molar-refractivity contribution in [2.24, 2.45) is 4.99 Å². The predicted octanol–water partition coefficient (Wildman–Crippen LogP) is 1.16. The molecule has 1 unspecified atom stereocenters. The van der Waals surface area contributed by atoms with Crippen LogP contribution in [0, 0.1) is 0 Å². The van der Waals surface area contributed by atoms with Crippen LogP contribution in [-0.4, -0.2) is 64.3 Å². The number of nitrogens with zero attached hydrogens (tertiary/aromatic N) is 1. The number of hydrogen-bond donors (Lipinski definition) is 3. The van der Waals surface area contributed by atoms with Crippen LogP contribution >= 0.6 is 0 Å². The minimum absolute atomic E-state index is 0.281. The second kappa shape index (κ2) is 13.5. The van der Waals surface area contributed by atoms with Gasteiger partial charge in [-0.3, -0.25) is 0 Å². The van der Waals surface area contributed by atoms with Crippen molar-refractivity contribution in [2.45, 2.75) is 26.0 Å². The molecule has 0 aliphatic heterocycles. The van der Waals surface area contributed by atoms with Gasteiger partial charge in [0.2, 0.25) is 0 Å². The number of rotatable bonds is 12. The maximum atomic E-state index is 9.78. The minimum atomic E-state index is -0.582. The topological polar surface area (TPSA) is 84.3 Å². The lowest BCUT2D eigenvalue weighted by Gasteiger charge is -2.15. The fraction of sp³-hybridized carbons (Fsp3) is 0.611. The van der Waals surface area contributed by atoms with Crippen LogP contribution in [0.2, 0.25) is 0 Å². The molecule has 0 aliphatic carbocycles. The number of benzene rings is 1. The van der Waals surface area contributed by atoms with Crippen LogP contribution in [0.3, 0.4) is 0 Å². The van der Waals surface area contributed by atoms with Gasteiger partial charge in [0.05, 0.1) is 26.4 Å². The van der Waals surface area contributed by atoms with Crippen molar-refractivity contribution < 1.29 is 19.3 Å². The normalized spacial score (nSPS) is 12.7. The lowest BCUT2D eigenvalue weighted by Crippen LogP contribution is -2.42. The van der Waals surface area contributed by atoms with Gasteiger partial charge in [-0.15, -0.1) is 0 Å².